The number of aromatic nitrogens is 1. The Morgan fingerprint density at radius 3 is 2.86 bits per heavy atom. The number of thiophene rings is 1. The van der Waals surface area contributed by atoms with Crippen molar-refractivity contribution in [2.45, 2.75) is 36.3 Å². The van der Waals surface area contributed by atoms with Gasteiger partial charge < -0.3 is 14.7 Å². The Bertz CT molecular complexity index is 1050. The number of hydrogen-bond donors (Lipinski definition) is 1. The number of benzene rings is 1. The standard InChI is InChI=1S/C26H32N2O3S2.2ClH/c1-31-22-7-8-24-23(17-22)20(9-11-27-24)5-2-4-19-10-12-28(18-21(19)16-25(29)30)13-15-33-26-6-3-14-32-26;;/h3,6-9,11,14,17,19,21H,2,4-5,10,12-13,15-16,18H2,1H3,(H,29,30);2*1H/t19-,21+;;/m1../s1. The maximum atomic E-state index is 11.6. The monoisotopic (exact) mass is 556 g/mol. The van der Waals surface area contributed by atoms with E-state index in [4.69, 9.17) is 4.74 Å². The summed E-state index contributed by atoms with van der Waals surface area (Å²) in [5.41, 5.74) is 2.28. The number of fused-ring (bicyclic) bond motifs is 1. The average molecular weight is 558 g/mol. The molecule has 1 aromatic carbocycles. The van der Waals surface area contributed by atoms with Crippen LogP contribution in [-0.2, 0) is 11.2 Å². The predicted octanol–water partition coefficient (Wildman–Crippen LogP) is 6.68. The molecule has 3 heterocycles. The summed E-state index contributed by atoms with van der Waals surface area (Å²) < 4.78 is 6.75. The number of piperidine rings is 1. The van der Waals surface area contributed by atoms with E-state index in [0.717, 1.165) is 67.7 Å². The third kappa shape index (κ3) is 8.53. The number of nitrogens with zero attached hydrogens (tertiary/aromatic N) is 2. The lowest BCUT2D eigenvalue weighted by atomic mass is 9.80. The van der Waals surface area contributed by atoms with Crippen LogP contribution < -0.4 is 4.74 Å². The van der Waals surface area contributed by atoms with Gasteiger partial charge in [-0.15, -0.1) is 47.9 Å². The van der Waals surface area contributed by atoms with Crippen LogP contribution in [0, 0.1) is 11.8 Å². The molecule has 0 spiro atoms. The Morgan fingerprint density at radius 1 is 1.26 bits per heavy atom. The molecule has 0 aliphatic carbocycles. The molecule has 35 heavy (non-hydrogen) atoms. The molecule has 4 rings (SSSR count). The number of rotatable bonds is 11. The summed E-state index contributed by atoms with van der Waals surface area (Å²) in [5, 5.41) is 12.8. The van der Waals surface area contributed by atoms with Crippen molar-refractivity contribution >= 4 is 64.8 Å². The van der Waals surface area contributed by atoms with Crippen LogP contribution in [0.1, 0.15) is 31.2 Å². The highest BCUT2D eigenvalue weighted by molar-refractivity contribution is 8.01. The number of methoxy groups -OCH3 is 1. The quantitative estimate of drug-likeness (QED) is 0.266. The second-order valence-corrected chi connectivity index (χ2v) is 11.1. The van der Waals surface area contributed by atoms with Crippen LogP contribution >= 0.6 is 47.9 Å². The molecule has 0 radical (unpaired) electrons. The molecule has 1 aliphatic rings. The first-order valence-corrected chi connectivity index (χ1v) is 13.5. The van der Waals surface area contributed by atoms with Crippen molar-refractivity contribution < 1.29 is 14.6 Å². The van der Waals surface area contributed by atoms with Gasteiger partial charge in [0.1, 0.15) is 5.75 Å². The lowest BCUT2D eigenvalue weighted by Crippen LogP contribution is -2.42. The Hall–Kier alpha value is -1.51. The number of thioether (sulfide) groups is 1. The van der Waals surface area contributed by atoms with E-state index in [-0.39, 0.29) is 37.2 Å². The minimum Gasteiger partial charge on any atom is -0.497 e. The topological polar surface area (TPSA) is 62.7 Å². The Balaban J connectivity index is 0.00000216. The van der Waals surface area contributed by atoms with Gasteiger partial charge in [-0.2, -0.15) is 0 Å². The number of carboxylic acids is 1. The van der Waals surface area contributed by atoms with Gasteiger partial charge in [0.25, 0.3) is 0 Å². The highest BCUT2D eigenvalue weighted by atomic mass is 35.5. The second kappa shape index (κ2) is 14.9. The number of halogens is 2. The number of aliphatic carboxylic acids is 1. The Labute approximate surface area is 228 Å². The summed E-state index contributed by atoms with van der Waals surface area (Å²) in [6.07, 6.45) is 6.35. The molecule has 3 aromatic rings. The van der Waals surface area contributed by atoms with E-state index in [9.17, 15) is 9.90 Å². The van der Waals surface area contributed by atoms with Gasteiger partial charge >= 0.3 is 5.97 Å². The molecule has 0 unspecified atom stereocenters. The summed E-state index contributed by atoms with van der Waals surface area (Å²) in [5.74, 6) is 1.95. The van der Waals surface area contributed by atoms with E-state index < -0.39 is 5.97 Å². The number of carbonyl (C=O) groups is 1. The molecule has 1 N–H and O–H groups in total. The summed E-state index contributed by atoms with van der Waals surface area (Å²) in [7, 11) is 1.69. The van der Waals surface area contributed by atoms with Crippen molar-refractivity contribution in [1.29, 1.82) is 0 Å². The first-order chi connectivity index (χ1) is 16.1. The minimum absolute atomic E-state index is 0. The molecule has 9 heteroatoms. The molecule has 0 bridgehead atoms. The first-order valence-electron chi connectivity index (χ1n) is 11.6. The highest BCUT2D eigenvalue weighted by Crippen LogP contribution is 2.32. The molecule has 2 aromatic heterocycles. The summed E-state index contributed by atoms with van der Waals surface area (Å²) >= 11 is 3.68. The van der Waals surface area contributed by atoms with Crippen LogP contribution in [0.25, 0.3) is 10.9 Å². The number of carboxylic acid groups (broad SMARTS) is 1. The smallest absolute Gasteiger partial charge is 0.303 e. The zero-order valence-electron chi connectivity index (χ0n) is 19.9. The van der Waals surface area contributed by atoms with Gasteiger partial charge in [0.05, 0.1) is 16.8 Å². The van der Waals surface area contributed by atoms with Gasteiger partial charge in [-0.25, -0.2) is 0 Å². The second-order valence-electron chi connectivity index (χ2n) is 8.73. The number of ether oxygens (including phenoxy) is 1. The fraction of sp³-hybridized carbons (Fsp3) is 0.462. The van der Waals surface area contributed by atoms with Crippen molar-refractivity contribution in [2.75, 3.05) is 32.5 Å². The zero-order valence-corrected chi connectivity index (χ0v) is 23.2. The van der Waals surface area contributed by atoms with Crippen LogP contribution in [-0.4, -0.2) is 53.5 Å². The SMILES string of the molecule is COc1ccc2nccc(CCC[C@@H]3CCN(CCSc4cccs4)C[C@@H]3CC(=O)O)c2c1.Cl.Cl. The zero-order chi connectivity index (χ0) is 23.0. The summed E-state index contributed by atoms with van der Waals surface area (Å²) in [6, 6.07) is 12.4. The first kappa shape index (κ1) is 29.7. The van der Waals surface area contributed by atoms with Gasteiger partial charge in [-0.1, -0.05) is 6.07 Å². The normalized spacial score (nSPS) is 18.0. The van der Waals surface area contributed by atoms with E-state index in [2.05, 4.69) is 39.5 Å². The van der Waals surface area contributed by atoms with E-state index in [1.807, 2.05) is 30.1 Å². The van der Waals surface area contributed by atoms with Gasteiger partial charge in [-0.05, 0) is 85.3 Å². The van der Waals surface area contributed by atoms with Crippen molar-refractivity contribution in [3.8, 4) is 5.75 Å². The third-order valence-corrected chi connectivity index (χ3v) is 8.73. The van der Waals surface area contributed by atoms with Gasteiger partial charge in [0.15, 0.2) is 0 Å². The largest absolute Gasteiger partial charge is 0.497 e. The van der Waals surface area contributed by atoms with Gasteiger partial charge in [0, 0.05) is 36.8 Å². The highest BCUT2D eigenvalue weighted by Gasteiger charge is 2.30. The average Bonchev–Trinajstić information content (AvgIpc) is 3.33. The number of aryl methyl sites for hydroxylation is 1. The number of pyridine rings is 1. The molecule has 0 amide bonds. The maximum Gasteiger partial charge on any atom is 0.303 e. The van der Waals surface area contributed by atoms with E-state index >= 15 is 0 Å². The van der Waals surface area contributed by atoms with Crippen molar-refractivity contribution in [1.82, 2.24) is 9.88 Å². The molecule has 1 aliphatic heterocycles. The summed E-state index contributed by atoms with van der Waals surface area (Å²) in [4.78, 5) is 18.5. The fourth-order valence-corrected chi connectivity index (χ4v) is 6.76. The van der Waals surface area contributed by atoms with E-state index in [1.165, 1.54) is 9.77 Å². The third-order valence-electron chi connectivity index (χ3n) is 6.62. The Morgan fingerprint density at radius 2 is 2.11 bits per heavy atom. The molecule has 2 atom stereocenters. The molecular weight excluding hydrogens is 523 g/mol. The van der Waals surface area contributed by atoms with Crippen molar-refractivity contribution in [3.63, 3.8) is 0 Å². The van der Waals surface area contributed by atoms with Gasteiger partial charge in [-0.3, -0.25) is 9.78 Å². The van der Waals surface area contributed by atoms with Crippen molar-refractivity contribution in [2.24, 2.45) is 11.8 Å². The Kier molecular flexibility index (Phi) is 12.7. The van der Waals surface area contributed by atoms with Crippen LogP contribution in [0.2, 0.25) is 0 Å². The predicted molar refractivity (Wildman–Crippen MR) is 151 cm³/mol. The minimum atomic E-state index is -0.674. The molecular formula is C26H34Cl2N2O3S2. The number of likely N-dealkylation sites (tertiary alicyclic amines) is 1. The van der Waals surface area contributed by atoms with E-state index in [1.54, 1.807) is 18.4 Å². The lowest BCUT2D eigenvalue weighted by molar-refractivity contribution is -0.139. The van der Waals surface area contributed by atoms with Crippen molar-refractivity contribution in [3.05, 3.63) is 53.5 Å². The fourth-order valence-electron chi connectivity index (χ4n) is 4.90. The van der Waals surface area contributed by atoms with Crippen LogP contribution in [0.3, 0.4) is 0 Å². The molecule has 5 nitrogen and oxygen atoms in total. The maximum absolute atomic E-state index is 11.6. The molecule has 1 fully saturated rings. The molecule has 0 saturated carbocycles. The lowest BCUT2D eigenvalue weighted by Gasteiger charge is -2.38. The molecule has 1 saturated heterocycles. The van der Waals surface area contributed by atoms with Crippen LogP contribution in [0.15, 0.2) is 52.2 Å². The molecule has 192 valence electrons. The van der Waals surface area contributed by atoms with Crippen LogP contribution in [0.4, 0.5) is 0 Å². The summed E-state index contributed by atoms with van der Waals surface area (Å²) in [6.45, 7) is 2.99. The number of hydrogen-bond acceptors (Lipinski definition) is 6. The van der Waals surface area contributed by atoms with Crippen LogP contribution in [0.5, 0.6) is 5.75 Å². The van der Waals surface area contributed by atoms with E-state index in [0.29, 0.717) is 5.92 Å². The van der Waals surface area contributed by atoms with Gasteiger partial charge in [0.2, 0.25) is 0 Å².